The van der Waals surface area contributed by atoms with Crippen molar-refractivity contribution >= 4 is 34.3 Å². The molecule has 146 valence electrons. The molecule has 7 heteroatoms. The summed E-state index contributed by atoms with van der Waals surface area (Å²) in [6, 6.07) is 13.3. The van der Waals surface area contributed by atoms with E-state index in [4.69, 9.17) is 0 Å². The highest BCUT2D eigenvalue weighted by Crippen LogP contribution is 2.23. The highest BCUT2D eigenvalue weighted by atomic mass is 16.2. The molecular weight excluding hydrogens is 370 g/mol. The van der Waals surface area contributed by atoms with E-state index >= 15 is 0 Å². The minimum atomic E-state index is -0.495. The molecule has 0 atom stereocenters. The zero-order chi connectivity index (χ0) is 20.5. The van der Waals surface area contributed by atoms with Gasteiger partial charge in [0.15, 0.2) is 0 Å². The van der Waals surface area contributed by atoms with E-state index in [0.717, 1.165) is 28.7 Å². The fraction of sp³-hybridized carbons (Fsp3) is 0.182. The van der Waals surface area contributed by atoms with Gasteiger partial charge in [0.25, 0.3) is 11.8 Å². The number of fused-ring (bicyclic) bond motifs is 2. The molecule has 0 unspecified atom stereocenters. The number of aryl methyl sites for hydroxylation is 1. The van der Waals surface area contributed by atoms with Gasteiger partial charge in [-0.15, -0.1) is 0 Å². The maximum atomic E-state index is 12.5. The molecule has 3 aromatic rings. The van der Waals surface area contributed by atoms with E-state index < -0.39 is 17.7 Å². The van der Waals surface area contributed by atoms with Crippen molar-refractivity contribution in [2.75, 3.05) is 11.9 Å². The Morgan fingerprint density at radius 3 is 2.34 bits per heavy atom. The standard InChI is InChI=1S/C22H19N3O4/c1-2-5-13-10-19(26)24-18-11-14(8-9-15(13)18)23-20(27)12-25-21(28)16-6-3-4-7-17(16)22(25)29/h3-4,6-11H,2,5,12H2,1H3,(H,23,27)(H,24,26). The lowest BCUT2D eigenvalue weighted by molar-refractivity contribution is -0.116. The molecule has 1 aromatic heterocycles. The Labute approximate surface area is 166 Å². The van der Waals surface area contributed by atoms with Gasteiger partial charge < -0.3 is 10.3 Å². The first kappa shape index (κ1) is 18.6. The van der Waals surface area contributed by atoms with E-state index in [2.05, 4.69) is 10.3 Å². The van der Waals surface area contributed by atoms with Crippen LogP contribution >= 0.6 is 0 Å². The third-order valence-electron chi connectivity index (χ3n) is 4.91. The van der Waals surface area contributed by atoms with Crippen LogP contribution in [-0.2, 0) is 11.2 Å². The summed E-state index contributed by atoms with van der Waals surface area (Å²) in [6.07, 6.45) is 1.70. The molecule has 1 aliphatic heterocycles. The number of hydrogen-bond acceptors (Lipinski definition) is 4. The van der Waals surface area contributed by atoms with Gasteiger partial charge in [-0.2, -0.15) is 0 Å². The monoisotopic (exact) mass is 389 g/mol. The number of H-pyrrole nitrogens is 1. The van der Waals surface area contributed by atoms with Crippen molar-refractivity contribution < 1.29 is 14.4 Å². The average Bonchev–Trinajstić information content (AvgIpc) is 2.93. The van der Waals surface area contributed by atoms with E-state index in [9.17, 15) is 19.2 Å². The Bertz CT molecular complexity index is 1180. The SMILES string of the molecule is CCCc1cc(=O)[nH]c2cc(NC(=O)CN3C(=O)c4ccccc4C3=O)ccc12. The lowest BCUT2D eigenvalue weighted by Crippen LogP contribution is -2.37. The van der Waals surface area contributed by atoms with Gasteiger partial charge in [-0.05, 0) is 36.2 Å². The summed E-state index contributed by atoms with van der Waals surface area (Å²) in [5, 5.41) is 3.61. The van der Waals surface area contributed by atoms with Crippen LogP contribution in [0.15, 0.2) is 53.3 Å². The minimum absolute atomic E-state index is 0.199. The molecule has 29 heavy (non-hydrogen) atoms. The summed E-state index contributed by atoms with van der Waals surface area (Å²) in [7, 11) is 0. The third-order valence-corrected chi connectivity index (χ3v) is 4.91. The summed E-state index contributed by atoms with van der Waals surface area (Å²) in [6.45, 7) is 1.66. The summed E-state index contributed by atoms with van der Waals surface area (Å²) in [5.74, 6) is -1.45. The molecule has 3 amide bonds. The number of hydrogen-bond donors (Lipinski definition) is 2. The first-order chi connectivity index (χ1) is 14.0. The smallest absolute Gasteiger partial charge is 0.262 e. The zero-order valence-electron chi connectivity index (χ0n) is 15.8. The molecule has 0 spiro atoms. The number of benzene rings is 2. The summed E-state index contributed by atoms with van der Waals surface area (Å²) in [4.78, 5) is 52.8. The van der Waals surface area contributed by atoms with Crippen LogP contribution in [0, 0.1) is 0 Å². The number of carbonyl (C=O) groups excluding carboxylic acids is 3. The second-order valence-electron chi connectivity index (χ2n) is 6.96. The predicted octanol–water partition coefficient (Wildman–Crippen LogP) is 2.72. The van der Waals surface area contributed by atoms with Crippen molar-refractivity contribution in [2.24, 2.45) is 0 Å². The predicted molar refractivity (Wildman–Crippen MR) is 109 cm³/mol. The Morgan fingerprint density at radius 1 is 1.00 bits per heavy atom. The molecule has 7 nitrogen and oxygen atoms in total. The summed E-state index contributed by atoms with van der Waals surface area (Å²) < 4.78 is 0. The van der Waals surface area contributed by atoms with E-state index in [1.54, 1.807) is 42.5 Å². The number of rotatable bonds is 5. The van der Waals surface area contributed by atoms with Crippen LogP contribution in [-0.4, -0.2) is 34.2 Å². The number of anilines is 1. The van der Waals surface area contributed by atoms with Gasteiger partial charge in [0.05, 0.1) is 16.6 Å². The van der Waals surface area contributed by atoms with Crippen molar-refractivity contribution in [3.8, 4) is 0 Å². The van der Waals surface area contributed by atoms with E-state index in [-0.39, 0.29) is 12.1 Å². The number of nitrogens with zero attached hydrogens (tertiary/aromatic N) is 1. The number of aromatic amines is 1. The van der Waals surface area contributed by atoms with Gasteiger partial charge >= 0.3 is 0 Å². The van der Waals surface area contributed by atoms with Crippen molar-refractivity contribution in [3.05, 3.63) is 75.6 Å². The summed E-state index contributed by atoms with van der Waals surface area (Å²) >= 11 is 0. The molecule has 2 N–H and O–H groups in total. The molecule has 2 heterocycles. The lowest BCUT2D eigenvalue weighted by Gasteiger charge is -2.14. The maximum Gasteiger partial charge on any atom is 0.262 e. The van der Waals surface area contributed by atoms with Gasteiger partial charge in [0.1, 0.15) is 6.54 Å². The quantitative estimate of drug-likeness (QED) is 0.656. The van der Waals surface area contributed by atoms with Crippen LogP contribution in [0.25, 0.3) is 10.9 Å². The van der Waals surface area contributed by atoms with Gasteiger partial charge in [-0.25, -0.2) is 0 Å². The summed E-state index contributed by atoms with van der Waals surface area (Å²) in [5.41, 5.74) is 2.46. The van der Waals surface area contributed by atoms with Gasteiger partial charge in [0.2, 0.25) is 11.5 Å². The number of aromatic nitrogens is 1. The first-order valence-electron chi connectivity index (χ1n) is 9.39. The Kier molecular flexibility index (Phi) is 4.72. The van der Waals surface area contributed by atoms with Crippen molar-refractivity contribution in [1.29, 1.82) is 0 Å². The van der Waals surface area contributed by atoms with Crippen LogP contribution in [0.4, 0.5) is 5.69 Å². The second-order valence-corrected chi connectivity index (χ2v) is 6.96. The number of amides is 3. The lowest BCUT2D eigenvalue weighted by atomic mass is 10.0. The largest absolute Gasteiger partial charge is 0.324 e. The molecule has 0 saturated heterocycles. The maximum absolute atomic E-state index is 12.5. The molecule has 0 fully saturated rings. The van der Waals surface area contributed by atoms with Crippen LogP contribution in [0.2, 0.25) is 0 Å². The van der Waals surface area contributed by atoms with Gasteiger partial charge in [-0.1, -0.05) is 31.5 Å². The molecule has 2 aromatic carbocycles. The molecule has 1 aliphatic rings. The molecule has 4 rings (SSSR count). The van der Waals surface area contributed by atoms with E-state index in [0.29, 0.717) is 22.3 Å². The first-order valence-corrected chi connectivity index (χ1v) is 9.39. The molecular formula is C22H19N3O4. The number of carbonyl (C=O) groups is 3. The van der Waals surface area contributed by atoms with E-state index in [1.165, 1.54) is 0 Å². The van der Waals surface area contributed by atoms with Crippen molar-refractivity contribution in [3.63, 3.8) is 0 Å². The third kappa shape index (κ3) is 3.42. The molecule has 0 bridgehead atoms. The molecule has 0 radical (unpaired) electrons. The normalized spacial score (nSPS) is 13.1. The second kappa shape index (κ2) is 7.35. The van der Waals surface area contributed by atoms with Gasteiger partial charge in [0, 0.05) is 17.1 Å². The fourth-order valence-electron chi connectivity index (χ4n) is 3.61. The van der Waals surface area contributed by atoms with Crippen molar-refractivity contribution in [1.82, 2.24) is 9.88 Å². The number of nitrogens with one attached hydrogen (secondary N) is 2. The topological polar surface area (TPSA) is 99.3 Å². The Balaban J connectivity index is 1.53. The molecule has 0 aliphatic carbocycles. The van der Waals surface area contributed by atoms with Crippen LogP contribution < -0.4 is 10.9 Å². The van der Waals surface area contributed by atoms with Gasteiger partial charge in [-0.3, -0.25) is 24.1 Å². The number of imide groups is 1. The van der Waals surface area contributed by atoms with E-state index in [1.807, 2.05) is 13.0 Å². The fourth-order valence-corrected chi connectivity index (χ4v) is 3.61. The Morgan fingerprint density at radius 2 is 1.69 bits per heavy atom. The van der Waals surface area contributed by atoms with Crippen LogP contribution in [0.5, 0.6) is 0 Å². The average molecular weight is 389 g/mol. The minimum Gasteiger partial charge on any atom is -0.324 e. The van der Waals surface area contributed by atoms with Crippen molar-refractivity contribution in [2.45, 2.75) is 19.8 Å². The molecule has 0 saturated carbocycles. The zero-order valence-corrected chi connectivity index (χ0v) is 15.8. The van der Waals surface area contributed by atoms with Crippen LogP contribution in [0.1, 0.15) is 39.6 Å². The van der Waals surface area contributed by atoms with Crippen LogP contribution in [0.3, 0.4) is 0 Å². The Hall–Kier alpha value is -3.74. The number of pyridine rings is 1. The highest BCUT2D eigenvalue weighted by Gasteiger charge is 2.36. The highest BCUT2D eigenvalue weighted by molar-refractivity contribution is 6.22.